The van der Waals surface area contributed by atoms with E-state index in [4.69, 9.17) is 17.0 Å². The standard InChI is InChI=1S/2C18H16P.2ClH.Zr/c2*1-13-17(15-9-5-3-6-10-15)14(2)19-18(13)16-11-7-4-8-12-16;;;/h2*3-12H,1-2H3;2*1H;/q;;;;+2/p-2. The summed E-state index contributed by atoms with van der Waals surface area (Å²) in [6.45, 7) is 9.14. The van der Waals surface area contributed by atoms with E-state index in [1.165, 1.54) is 71.5 Å². The van der Waals surface area contributed by atoms with Gasteiger partial charge in [0.1, 0.15) is 0 Å². The van der Waals surface area contributed by atoms with Crippen molar-refractivity contribution in [3.63, 3.8) is 0 Å². The Labute approximate surface area is 259 Å². The van der Waals surface area contributed by atoms with Gasteiger partial charge in [-0.05, 0) is 0 Å². The van der Waals surface area contributed by atoms with Gasteiger partial charge < -0.3 is 0 Å². The van der Waals surface area contributed by atoms with Gasteiger partial charge in [0.15, 0.2) is 0 Å². The first kappa shape index (κ1) is 29.2. The second-order valence-electron chi connectivity index (χ2n) is 10.9. The zero-order valence-electron chi connectivity index (χ0n) is 23.7. The topological polar surface area (TPSA) is 0 Å². The quantitative estimate of drug-likeness (QED) is 0.177. The Balaban J connectivity index is 1.72. The van der Waals surface area contributed by atoms with Gasteiger partial charge in [0.05, 0.1) is 0 Å². The average molecular weight is 689 g/mol. The van der Waals surface area contributed by atoms with Crippen molar-refractivity contribution in [1.29, 1.82) is 0 Å². The monoisotopic (exact) mass is 686 g/mol. The minimum absolute atomic E-state index is 0.481. The zero-order valence-corrected chi connectivity index (χ0v) is 29.5. The van der Waals surface area contributed by atoms with E-state index in [2.05, 4.69) is 149 Å². The van der Waals surface area contributed by atoms with Crippen molar-refractivity contribution >= 4 is 55.2 Å². The maximum atomic E-state index is 8.42. The van der Waals surface area contributed by atoms with E-state index >= 15 is 0 Å². The van der Waals surface area contributed by atoms with E-state index in [0.29, 0.717) is 0 Å². The van der Waals surface area contributed by atoms with Gasteiger partial charge in [0.25, 0.3) is 0 Å². The number of allylic oxidation sites excluding steroid dienone is 4. The van der Waals surface area contributed by atoms with E-state index < -0.39 is 23.6 Å². The summed E-state index contributed by atoms with van der Waals surface area (Å²) in [4.78, 5) is 0. The van der Waals surface area contributed by atoms with Crippen LogP contribution in [0.25, 0.3) is 11.1 Å². The summed E-state index contributed by atoms with van der Waals surface area (Å²) in [5, 5.41) is 2.67. The molecular formula is C36H32Cl2P2Zr. The molecule has 2 atom stereocenters. The first-order chi connectivity index (χ1) is 19.8. The molecule has 5 heteroatoms. The normalized spacial score (nSPS) is 23.5. The first-order valence-electron chi connectivity index (χ1n) is 13.9. The van der Waals surface area contributed by atoms with E-state index in [1.54, 1.807) is 0 Å². The molecule has 2 unspecified atom stereocenters. The Morgan fingerprint density at radius 3 is 1.07 bits per heavy atom. The molecule has 0 saturated heterocycles. The molecule has 2 aliphatic heterocycles. The second-order valence-corrected chi connectivity index (χ2v) is 30.4. The number of halogens is 2. The fraction of sp³-hybridized carbons (Fsp3) is 0.167. The van der Waals surface area contributed by atoms with Crippen LogP contribution in [0.3, 0.4) is 0 Å². The molecular weight excluding hydrogens is 656 g/mol. The Kier molecular flexibility index (Phi) is 8.09. The molecule has 204 valence electrons. The maximum absolute atomic E-state index is 8.42. The van der Waals surface area contributed by atoms with Gasteiger partial charge in [0.2, 0.25) is 0 Å². The van der Waals surface area contributed by atoms with Crippen LogP contribution in [0, 0.1) is 0 Å². The molecule has 0 N–H and O–H groups in total. The summed E-state index contributed by atoms with van der Waals surface area (Å²) in [7, 11) is 19.2. The number of hydrogen-bond acceptors (Lipinski definition) is 0. The minimum atomic E-state index is -4.52. The Hall–Kier alpha value is -1.84. The van der Waals surface area contributed by atoms with Gasteiger partial charge in [-0.15, -0.1) is 0 Å². The van der Waals surface area contributed by atoms with Crippen molar-refractivity contribution < 1.29 is 17.9 Å². The molecule has 41 heavy (non-hydrogen) atoms. The van der Waals surface area contributed by atoms with Gasteiger partial charge in [0, 0.05) is 0 Å². The van der Waals surface area contributed by atoms with Crippen LogP contribution in [0.5, 0.6) is 0 Å². The van der Waals surface area contributed by atoms with Gasteiger partial charge in [-0.2, -0.15) is 0 Å². The third-order valence-electron chi connectivity index (χ3n) is 8.65. The summed E-state index contributed by atoms with van der Waals surface area (Å²) in [5.41, 5.74) is 10.2. The van der Waals surface area contributed by atoms with Crippen molar-refractivity contribution in [2.45, 2.75) is 33.4 Å². The molecule has 6 rings (SSSR count). The third kappa shape index (κ3) is 4.43. The molecule has 4 aromatic rings. The van der Waals surface area contributed by atoms with E-state index in [1.807, 2.05) is 0 Å². The summed E-state index contributed by atoms with van der Waals surface area (Å²) in [6, 6.07) is 43.3. The van der Waals surface area contributed by atoms with Crippen LogP contribution in [-0.4, -0.2) is 10.6 Å². The van der Waals surface area contributed by atoms with Crippen LogP contribution >= 0.6 is 33.4 Å². The Bertz CT molecular complexity index is 1600. The van der Waals surface area contributed by atoms with Gasteiger partial charge in [-0.25, -0.2) is 0 Å². The van der Waals surface area contributed by atoms with Crippen LogP contribution in [0.2, 0.25) is 0 Å². The fourth-order valence-electron chi connectivity index (χ4n) is 6.90. The van der Waals surface area contributed by atoms with E-state index in [-0.39, 0.29) is 0 Å². The summed E-state index contributed by atoms with van der Waals surface area (Å²) < 4.78 is -0.963. The van der Waals surface area contributed by atoms with Gasteiger partial charge >= 0.3 is 261 Å². The van der Waals surface area contributed by atoms with E-state index in [0.717, 1.165) is 0 Å². The van der Waals surface area contributed by atoms with Crippen LogP contribution in [-0.2, 0) is 23.6 Å². The second kappa shape index (κ2) is 11.3. The molecule has 4 aromatic carbocycles. The zero-order chi connectivity index (χ0) is 28.8. The SMILES string of the molecule is CC1=P[C](c2ccccc2)([Zr]([Cl])([Cl])[C]2(c3ccccc3)P=C(C)C(c3ccccc3)=C2C)C(C)=C1c1ccccc1. The van der Waals surface area contributed by atoms with Crippen LogP contribution in [0.1, 0.15) is 49.9 Å². The van der Waals surface area contributed by atoms with Crippen LogP contribution < -0.4 is 0 Å². The molecule has 2 aliphatic rings. The Morgan fingerprint density at radius 1 is 0.463 bits per heavy atom. The molecule has 0 amide bonds. The van der Waals surface area contributed by atoms with Crippen LogP contribution in [0.4, 0.5) is 0 Å². The number of rotatable bonds is 6. The predicted molar refractivity (Wildman–Crippen MR) is 181 cm³/mol. The molecule has 0 aromatic heterocycles. The molecule has 0 spiro atoms. The van der Waals surface area contributed by atoms with Crippen LogP contribution in [0.15, 0.2) is 132 Å². The molecule has 0 nitrogen and oxygen atoms in total. The number of hydrogen-bond donors (Lipinski definition) is 0. The number of benzene rings is 4. The van der Waals surface area contributed by atoms with Crippen molar-refractivity contribution in [1.82, 2.24) is 0 Å². The third-order valence-corrected chi connectivity index (χ3v) is 34.8. The molecule has 0 aliphatic carbocycles. The first-order valence-corrected chi connectivity index (χ1v) is 24.5. The summed E-state index contributed by atoms with van der Waals surface area (Å²) in [6.07, 6.45) is 0. The summed E-state index contributed by atoms with van der Waals surface area (Å²) >= 11 is -4.52. The predicted octanol–water partition coefficient (Wildman–Crippen LogP) is 11.4. The fourth-order valence-corrected chi connectivity index (χ4v) is 32.9. The van der Waals surface area contributed by atoms with Gasteiger partial charge in [-0.3, -0.25) is 0 Å². The average Bonchev–Trinajstić information content (AvgIpc) is 3.44. The van der Waals surface area contributed by atoms with Gasteiger partial charge in [-0.1, -0.05) is 0 Å². The Morgan fingerprint density at radius 2 is 0.756 bits per heavy atom. The molecule has 0 fully saturated rings. The molecule has 0 bridgehead atoms. The van der Waals surface area contributed by atoms with Crippen molar-refractivity contribution in [2.75, 3.05) is 0 Å². The van der Waals surface area contributed by atoms with E-state index in [9.17, 15) is 0 Å². The summed E-state index contributed by atoms with van der Waals surface area (Å²) in [5.74, 6) is 0. The van der Waals surface area contributed by atoms with Crippen molar-refractivity contribution in [3.8, 4) is 0 Å². The molecule has 0 radical (unpaired) electrons. The van der Waals surface area contributed by atoms with Crippen molar-refractivity contribution in [3.05, 3.63) is 155 Å². The molecule has 2 heterocycles. The molecule has 0 saturated carbocycles. The van der Waals surface area contributed by atoms with Crippen molar-refractivity contribution in [2.24, 2.45) is 0 Å².